The number of phosphoric acid groups is 3. The maximum absolute atomic E-state index is 14.0. The van der Waals surface area contributed by atoms with Crippen LogP contribution in [0.3, 0.4) is 0 Å². The molecule has 48 heteroatoms. The summed E-state index contributed by atoms with van der Waals surface area (Å²) in [5.41, 5.74) is 0.833. The Hall–Kier alpha value is -9.22. The number of aromatic amines is 1. The highest BCUT2D eigenvalue weighted by Gasteiger charge is 2.57. The Morgan fingerprint density at radius 1 is 0.818 bits per heavy atom. The monoisotopic (exact) mass is 1690 g/mol. The molecule has 40 nitrogen and oxygen atoms in total. The van der Waals surface area contributed by atoms with E-state index in [-0.39, 0.29) is 167 Å². The zero-order valence-electron chi connectivity index (χ0n) is 56.1. The smallest absolute Gasteiger partial charge is 0.490 e. The molecule has 3 aliphatic heterocycles. The van der Waals surface area contributed by atoms with Gasteiger partial charge in [0.2, 0.25) is 11.9 Å². The number of nitrogens with one attached hydrogen (secondary N) is 4. The van der Waals surface area contributed by atoms with E-state index in [0.717, 1.165) is 54.8 Å². The Morgan fingerprint density at radius 3 is 2.24 bits per heavy atom. The van der Waals surface area contributed by atoms with E-state index in [4.69, 9.17) is 98.0 Å². The highest BCUT2D eigenvalue weighted by Crippen LogP contribution is 2.67. The third-order valence-electron chi connectivity index (χ3n) is 15.8. The fourth-order valence-corrected chi connectivity index (χ4v) is 16.3. The number of esters is 1. The lowest BCUT2D eigenvalue weighted by atomic mass is 9.76. The van der Waals surface area contributed by atoms with Gasteiger partial charge in [0.15, 0.2) is 11.2 Å². The Bertz CT molecular complexity index is 5310. The molecule has 4 aromatic carbocycles. The SMILES string of the molecule is N#C/C=C/OC1C[C@H](n2cc(C#CCNC(=O)OCCO/C=C(\C#N)CCOCCOCCNC(=O)CCCCCNC(=O)c3cc(Cl)c4c(c3Cl)C3(OC4=O)c4cc(Cl)c(O)cc4Oc4cc(O)c(-c5ccc(S(=O)(=O)O)cc5S(=O)(=O)O)cc43)c3c(=O)[nH]c(N)nc32)O[C@@H]1COP(=O)(O)OP(=O)(O)OP(=O)(O)O. The summed E-state index contributed by atoms with van der Waals surface area (Å²) in [6.07, 6.45) is 1.27. The van der Waals surface area contributed by atoms with Crippen LogP contribution in [0.15, 0.2) is 93.5 Å². The number of aromatic hydroxyl groups is 2. The number of ether oxygens (including phenoxy) is 8. The molecule has 1 fully saturated rings. The number of hydrogen-bond acceptors (Lipinski definition) is 29. The van der Waals surface area contributed by atoms with Crippen LogP contribution in [0.25, 0.3) is 22.2 Å². The summed E-state index contributed by atoms with van der Waals surface area (Å²) in [5.74, 6) is 1.18. The van der Waals surface area contributed by atoms with Crippen molar-refractivity contribution in [3.63, 3.8) is 0 Å². The molecular formula is C62H61Cl3N9O31P3S2. The molecule has 588 valence electrons. The number of nitriles is 2. The number of anilines is 1. The second-order valence-electron chi connectivity index (χ2n) is 23.2. The lowest BCUT2D eigenvalue weighted by Crippen LogP contribution is -2.34. The standard InChI is InChI=1S/C62H61Cl3N9O31P3S2/c63-41-25-40-46(27-44(41)76)101-45-26-43(75)37(36-9-8-35(109(89,90)91)22-49(36)110(92,93)94)23-39(45)62(40)54-53(59(80)103-62)42(64)24-38(55(54)65)57(78)70-12-3-1-2-7-50(77)69-14-17-96-19-18-95-16-10-33(29-67)31-97-20-21-99-61(81)71-13-4-6-34-30-74(56-52(34)58(79)73-60(68)72-56)51-28-47(98-15-5-11-66)48(102-51)32-100-107(85,86)105-108(87,88)104-106(82,83)84/h5,8-9,15,22-27,30-31,47-48,51,75-76H,1-3,7,10,12-14,16-21,28,32H2,(H,69,77)(H,70,78)(H,71,81)(H,85,86)(H,87,88)(H2,82,83,84)(H,89,90,91)(H,92,93,94)(H3,68,72,73,79)/b15-5+,33-31-/t47?,48-,51-,62?/m1/s1. The molecule has 0 aliphatic carbocycles. The minimum absolute atomic E-state index is 0.0464. The van der Waals surface area contributed by atoms with Crippen molar-refractivity contribution in [2.45, 2.75) is 72.4 Å². The second-order valence-corrected chi connectivity index (χ2v) is 31.6. The zero-order chi connectivity index (χ0) is 80.3. The van der Waals surface area contributed by atoms with Gasteiger partial charge in [-0.25, -0.2) is 23.3 Å². The molecule has 6 aromatic rings. The maximum atomic E-state index is 14.0. The Kier molecular flexibility index (Phi) is 27.6. The molecule has 1 spiro atoms. The lowest BCUT2D eigenvalue weighted by molar-refractivity contribution is -0.121. The number of H-pyrrole nitrogens is 1. The van der Waals surface area contributed by atoms with Crippen LogP contribution < -0.4 is 32.0 Å². The number of carbonyl (C=O) groups is 4. The largest absolute Gasteiger partial charge is 0.507 e. The molecule has 4 unspecified atom stereocenters. The number of nitrogens with zero attached hydrogens (tertiary/aromatic N) is 4. The number of nitrogen functional groups attached to an aromatic ring is 1. The van der Waals surface area contributed by atoms with Gasteiger partial charge in [-0.3, -0.25) is 33.0 Å². The first kappa shape index (κ1) is 84.8. The fourth-order valence-electron chi connectivity index (χ4n) is 11.2. The Morgan fingerprint density at radius 2 is 1.54 bits per heavy atom. The zero-order valence-corrected chi connectivity index (χ0v) is 62.7. The number of nitrogens with two attached hydrogens (primary N) is 1. The molecule has 110 heavy (non-hydrogen) atoms. The molecule has 1 saturated heterocycles. The number of phenolic OH excluding ortho intramolecular Hbond substituents is 2. The van der Waals surface area contributed by atoms with Crippen LogP contribution in [0, 0.1) is 34.5 Å². The number of carbonyl (C=O) groups excluding carboxylic acids is 4. The number of allylic oxidation sites excluding steroid dienone is 1. The third-order valence-corrected chi connectivity index (χ3v) is 22.3. The van der Waals surface area contributed by atoms with Gasteiger partial charge in [-0.15, -0.1) is 0 Å². The molecule has 0 radical (unpaired) electrons. The van der Waals surface area contributed by atoms with Gasteiger partial charge >= 0.3 is 35.5 Å². The highest BCUT2D eigenvalue weighted by molar-refractivity contribution is 7.86. The molecule has 0 bridgehead atoms. The maximum Gasteiger partial charge on any atom is 0.490 e. The van der Waals surface area contributed by atoms with E-state index in [1.165, 1.54) is 17.0 Å². The normalized spacial score (nSPS) is 17.8. The van der Waals surface area contributed by atoms with E-state index >= 15 is 0 Å². The molecule has 3 amide bonds. The van der Waals surface area contributed by atoms with Crippen molar-refractivity contribution in [1.29, 1.82) is 10.5 Å². The summed E-state index contributed by atoms with van der Waals surface area (Å²) in [6, 6.07) is 11.1. The van der Waals surface area contributed by atoms with Crippen LogP contribution in [-0.4, -0.2) is 172 Å². The van der Waals surface area contributed by atoms with Crippen molar-refractivity contribution < 1.29 is 140 Å². The highest BCUT2D eigenvalue weighted by atomic mass is 35.5. The van der Waals surface area contributed by atoms with Crippen molar-refractivity contribution in [2.75, 3.05) is 71.6 Å². The quantitative estimate of drug-likeness (QED) is 0.00390. The Labute approximate surface area is 636 Å². The summed E-state index contributed by atoms with van der Waals surface area (Å²) in [7, 11) is -27.5. The molecule has 5 heterocycles. The van der Waals surface area contributed by atoms with E-state index in [0.29, 0.717) is 25.3 Å². The van der Waals surface area contributed by atoms with E-state index in [1.807, 2.05) is 6.07 Å². The molecule has 0 saturated carbocycles. The minimum atomic E-state index is -5.86. The van der Waals surface area contributed by atoms with Crippen LogP contribution in [0.4, 0.5) is 10.7 Å². The van der Waals surface area contributed by atoms with Gasteiger partial charge in [-0.2, -0.15) is 41.0 Å². The van der Waals surface area contributed by atoms with Crippen molar-refractivity contribution in [3.8, 4) is 58.1 Å². The first-order valence-electron chi connectivity index (χ1n) is 31.6. The van der Waals surface area contributed by atoms with Gasteiger partial charge in [-0.05, 0) is 43.2 Å². The minimum Gasteiger partial charge on any atom is -0.507 e. The average Bonchev–Trinajstić information content (AvgIpc) is 1.46. The Balaban J connectivity index is 0.667. The predicted molar refractivity (Wildman–Crippen MR) is 377 cm³/mol. The third kappa shape index (κ3) is 21.1. The topological polar surface area (TPSA) is 612 Å². The molecule has 6 atom stereocenters. The summed E-state index contributed by atoms with van der Waals surface area (Å²) in [6.45, 7) is -0.891. The number of unbranched alkanes of at least 4 members (excludes halogenated alkanes) is 2. The molecular weight excluding hydrogens is 1630 g/mol. The summed E-state index contributed by atoms with van der Waals surface area (Å²) < 4.78 is 163. The van der Waals surface area contributed by atoms with E-state index in [1.54, 1.807) is 6.07 Å². The predicted octanol–water partition coefficient (Wildman–Crippen LogP) is 6.49. The van der Waals surface area contributed by atoms with Gasteiger partial charge in [0.05, 0.1) is 118 Å². The first-order valence-corrected chi connectivity index (χ1v) is 40.2. The van der Waals surface area contributed by atoms with E-state index in [2.05, 4.69) is 46.4 Å². The fraction of sp³-hybridized carbons (Fsp3) is 0.323. The molecule has 9 rings (SSSR count). The number of fused-ring (bicyclic) bond motifs is 7. The van der Waals surface area contributed by atoms with Gasteiger partial charge in [0, 0.05) is 78.5 Å². The summed E-state index contributed by atoms with van der Waals surface area (Å²) in [4.78, 5) is 108. The van der Waals surface area contributed by atoms with Crippen LogP contribution >= 0.6 is 58.3 Å². The van der Waals surface area contributed by atoms with Crippen molar-refractivity contribution in [2.24, 2.45) is 0 Å². The van der Waals surface area contributed by atoms with Crippen LogP contribution in [0.2, 0.25) is 15.1 Å². The van der Waals surface area contributed by atoms with Crippen LogP contribution in [0.5, 0.6) is 23.0 Å². The van der Waals surface area contributed by atoms with Crippen molar-refractivity contribution in [1.82, 2.24) is 30.5 Å². The number of rotatable bonds is 34. The second kappa shape index (κ2) is 35.9. The molecule has 3 aliphatic rings. The number of hydrogen-bond donors (Lipinski definition) is 13. The van der Waals surface area contributed by atoms with Crippen molar-refractivity contribution in [3.05, 3.63) is 138 Å². The summed E-state index contributed by atoms with van der Waals surface area (Å²) in [5, 5.41) is 47.3. The number of phosphoric ester groups is 1. The number of phenols is 2. The van der Waals surface area contributed by atoms with E-state index in [9.17, 15) is 88.9 Å². The van der Waals surface area contributed by atoms with Crippen LogP contribution in [0.1, 0.15) is 87.7 Å². The first-order chi connectivity index (χ1) is 51.8. The van der Waals surface area contributed by atoms with Crippen molar-refractivity contribution >= 4 is 119 Å². The number of aromatic nitrogens is 3. The number of benzene rings is 4. The van der Waals surface area contributed by atoms with Gasteiger partial charge in [0.1, 0.15) is 59.5 Å². The number of amides is 3. The lowest BCUT2D eigenvalue weighted by Gasteiger charge is -2.37. The van der Waals surface area contributed by atoms with Gasteiger partial charge in [0.25, 0.3) is 31.7 Å². The number of alkyl carbamates (subject to hydrolysis) is 1. The molecule has 14 N–H and O–H groups in total. The number of halogens is 3. The summed E-state index contributed by atoms with van der Waals surface area (Å²) >= 11 is 20.3. The van der Waals surface area contributed by atoms with Gasteiger partial charge < -0.3 is 93.9 Å². The van der Waals surface area contributed by atoms with Gasteiger partial charge in [-0.1, -0.05) is 59.1 Å². The average molecular weight is 1690 g/mol. The van der Waals surface area contributed by atoms with E-state index < -0.39 is 130 Å². The van der Waals surface area contributed by atoms with Crippen LogP contribution in [-0.2, 0) is 90.6 Å². The molecule has 2 aromatic heterocycles.